The lowest BCUT2D eigenvalue weighted by molar-refractivity contribution is 0.791. The van der Waals surface area contributed by atoms with Crippen LogP contribution in [0.1, 0.15) is 26.7 Å². The van der Waals surface area contributed by atoms with Gasteiger partial charge in [0.1, 0.15) is 0 Å². The van der Waals surface area contributed by atoms with E-state index in [1.54, 1.807) is 6.92 Å². The normalized spacial score (nSPS) is 11.7. The van der Waals surface area contributed by atoms with Crippen molar-refractivity contribution in [1.29, 1.82) is 5.41 Å². The molecular weight excluding hydrogens is 131 g/mol. The van der Waals surface area contributed by atoms with E-state index in [2.05, 4.69) is 4.99 Å². The molecule has 2 nitrogen and oxygen atoms in total. The summed E-state index contributed by atoms with van der Waals surface area (Å²) < 4.78 is 12.5. The van der Waals surface area contributed by atoms with E-state index in [-0.39, 0.29) is 5.71 Å². The van der Waals surface area contributed by atoms with Gasteiger partial charge in [-0.1, -0.05) is 13.8 Å². The highest BCUT2D eigenvalue weighted by Gasteiger charge is 2.00. The number of hydrogen-bond donors (Lipinski definition) is 1. The molecule has 0 heterocycles. The van der Waals surface area contributed by atoms with Crippen LogP contribution in [0.4, 0.5) is 4.39 Å². The maximum atomic E-state index is 12.5. The summed E-state index contributed by atoms with van der Waals surface area (Å²) in [5.41, 5.74) is -0.00606. The molecule has 0 spiro atoms. The molecule has 10 heavy (non-hydrogen) atoms. The SMILES string of the molecule is CCCN=C(F)C(=N)CC. The van der Waals surface area contributed by atoms with E-state index in [1.165, 1.54) is 0 Å². The molecule has 0 radical (unpaired) electrons. The summed E-state index contributed by atoms with van der Waals surface area (Å²) in [5, 5.41) is 7.02. The summed E-state index contributed by atoms with van der Waals surface area (Å²) in [4.78, 5) is 3.54. The fraction of sp³-hybridized carbons (Fsp3) is 0.714. The van der Waals surface area contributed by atoms with E-state index in [0.29, 0.717) is 13.0 Å². The molecule has 0 aromatic carbocycles. The van der Waals surface area contributed by atoms with Crippen LogP contribution in [0.2, 0.25) is 0 Å². The van der Waals surface area contributed by atoms with Crippen LogP contribution in [0.5, 0.6) is 0 Å². The summed E-state index contributed by atoms with van der Waals surface area (Å²) in [7, 11) is 0. The smallest absolute Gasteiger partial charge is 0.229 e. The summed E-state index contributed by atoms with van der Waals surface area (Å²) in [6.45, 7) is 4.14. The zero-order valence-corrected chi connectivity index (χ0v) is 6.45. The van der Waals surface area contributed by atoms with Crippen molar-refractivity contribution in [2.45, 2.75) is 26.7 Å². The van der Waals surface area contributed by atoms with E-state index in [9.17, 15) is 4.39 Å². The van der Waals surface area contributed by atoms with Gasteiger partial charge in [0, 0.05) is 6.54 Å². The molecule has 0 aliphatic heterocycles. The summed E-state index contributed by atoms with van der Waals surface area (Å²) in [5.74, 6) is -0.607. The Balaban J connectivity index is 3.80. The molecule has 0 aromatic rings. The first-order chi connectivity index (χ1) is 4.72. The molecule has 0 saturated heterocycles. The van der Waals surface area contributed by atoms with Crippen LogP contribution in [-0.4, -0.2) is 18.2 Å². The van der Waals surface area contributed by atoms with E-state index >= 15 is 0 Å². The van der Waals surface area contributed by atoms with Crippen LogP contribution in [0.25, 0.3) is 0 Å². The van der Waals surface area contributed by atoms with Gasteiger partial charge in [0.2, 0.25) is 5.97 Å². The van der Waals surface area contributed by atoms with Crippen molar-refractivity contribution in [3.05, 3.63) is 0 Å². The third-order valence-corrected chi connectivity index (χ3v) is 1.08. The third-order valence-electron chi connectivity index (χ3n) is 1.08. The summed E-state index contributed by atoms with van der Waals surface area (Å²) in [6, 6.07) is 0. The molecule has 0 aliphatic rings. The standard InChI is InChI=1S/C7H13FN2/c1-3-5-10-7(8)6(9)4-2/h9H,3-5H2,1-2H3. The van der Waals surface area contributed by atoms with Gasteiger partial charge in [0.25, 0.3) is 0 Å². The average molecular weight is 144 g/mol. The van der Waals surface area contributed by atoms with Gasteiger partial charge in [0.15, 0.2) is 0 Å². The lowest BCUT2D eigenvalue weighted by Gasteiger charge is -1.93. The van der Waals surface area contributed by atoms with E-state index in [0.717, 1.165) is 6.42 Å². The number of aliphatic imine (C=N–C) groups is 1. The van der Waals surface area contributed by atoms with Gasteiger partial charge >= 0.3 is 0 Å². The number of nitrogens with zero attached hydrogens (tertiary/aromatic N) is 1. The second-order valence-corrected chi connectivity index (χ2v) is 2.00. The monoisotopic (exact) mass is 144 g/mol. The van der Waals surface area contributed by atoms with Crippen LogP contribution < -0.4 is 0 Å². The Bertz CT molecular complexity index is 141. The Labute approximate surface area is 60.7 Å². The Morgan fingerprint density at radius 1 is 1.50 bits per heavy atom. The maximum absolute atomic E-state index is 12.5. The second kappa shape index (κ2) is 5.09. The van der Waals surface area contributed by atoms with Crippen LogP contribution >= 0.6 is 0 Å². The van der Waals surface area contributed by atoms with Crippen molar-refractivity contribution in [2.75, 3.05) is 6.54 Å². The number of hydrogen-bond acceptors (Lipinski definition) is 2. The van der Waals surface area contributed by atoms with Crippen molar-refractivity contribution in [3.63, 3.8) is 0 Å². The number of nitrogens with one attached hydrogen (secondary N) is 1. The van der Waals surface area contributed by atoms with E-state index in [1.807, 2.05) is 6.92 Å². The van der Waals surface area contributed by atoms with Crippen LogP contribution in [-0.2, 0) is 0 Å². The minimum atomic E-state index is -0.607. The predicted molar refractivity (Wildman–Crippen MR) is 41.7 cm³/mol. The van der Waals surface area contributed by atoms with Crippen LogP contribution in [0.3, 0.4) is 0 Å². The lowest BCUT2D eigenvalue weighted by atomic mass is 10.3. The largest absolute Gasteiger partial charge is 0.301 e. The first kappa shape index (κ1) is 9.27. The summed E-state index contributed by atoms with van der Waals surface area (Å²) in [6.07, 6.45) is 1.24. The lowest BCUT2D eigenvalue weighted by Crippen LogP contribution is -2.05. The Hall–Kier alpha value is -0.730. The van der Waals surface area contributed by atoms with E-state index in [4.69, 9.17) is 5.41 Å². The number of rotatable bonds is 4. The Morgan fingerprint density at radius 3 is 2.50 bits per heavy atom. The van der Waals surface area contributed by atoms with E-state index < -0.39 is 5.97 Å². The maximum Gasteiger partial charge on any atom is 0.229 e. The van der Waals surface area contributed by atoms with Gasteiger partial charge in [-0.25, -0.2) is 0 Å². The van der Waals surface area contributed by atoms with Crippen LogP contribution in [0, 0.1) is 5.41 Å². The highest BCUT2D eigenvalue weighted by molar-refractivity contribution is 6.37. The van der Waals surface area contributed by atoms with Crippen molar-refractivity contribution in [3.8, 4) is 0 Å². The second-order valence-electron chi connectivity index (χ2n) is 2.00. The molecule has 0 fully saturated rings. The Morgan fingerprint density at radius 2 is 2.10 bits per heavy atom. The third kappa shape index (κ3) is 3.33. The van der Waals surface area contributed by atoms with Gasteiger partial charge in [0.05, 0.1) is 5.71 Å². The molecule has 0 aliphatic carbocycles. The molecule has 0 atom stereocenters. The molecule has 0 aromatic heterocycles. The first-order valence-corrected chi connectivity index (χ1v) is 3.50. The van der Waals surface area contributed by atoms with Gasteiger partial charge in [-0.15, -0.1) is 0 Å². The van der Waals surface area contributed by atoms with Crippen LogP contribution in [0.15, 0.2) is 4.99 Å². The van der Waals surface area contributed by atoms with Gasteiger partial charge in [-0.05, 0) is 12.8 Å². The average Bonchev–Trinajstić information content (AvgIpc) is 1.98. The minimum Gasteiger partial charge on any atom is -0.301 e. The topological polar surface area (TPSA) is 36.2 Å². The molecule has 0 saturated carbocycles. The quantitative estimate of drug-likeness (QED) is 0.587. The van der Waals surface area contributed by atoms with Gasteiger partial charge in [-0.2, -0.15) is 4.39 Å². The summed E-state index contributed by atoms with van der Waals surface area (Å²) >= 11 is 0. The van der Waals surface area contributed by atoms with Gasteiger partial charge < -0.3 is 5.41 Å². The van der Waals surface area contributed by atoms with Gasteiger partial charge in [-0.3, -0.25) is 4.99 Å². The highest BCUT2D eigenvalue weighted by Crippen LogP contribution is 1.90. The fourth-order valence-electron chi connectivity index (χ4n) is 0.451. The number of halogens is 1. The zero-order valence-electron chi connectivity index (χ0n) is 6.45. The predicted octanol–water partition coefficient (Wildman–Crippen LogP) is 2.19. The van der Waals surface area contributed by atoms with Crippen molar-refractivity contribution in [2.24, 2.45) is 4.99 Å². The molecule has 58 valence electrons. The molecular formula is C7H13FN2. The first-order valence-electron chi connectivity index (χ1n) is 3.50. The molecule has 0 unspecified atom stereocenters. The molecule has 0 amide bonds. The zero-order chi connectivity index (χ0) is 7.98. The van der Waals surface area contributed by atoms with Crippen molar-refractivity contribution >= 4 is 11.7 Å². The molecule has 3 heteroatoms. The minimum absolute atomic E-state index is 0.00606. The molecule has 0 bridgehead atoms. The van der Waals surface area contributed by atoms with Crippen molar-refractivity contribution < 1.29 is 4.39 Å². The Kier molecular flexibility index (Phi) is 4.72. The molecule has 1 N–H and O–H groups in total. The molecule has 0 rings (SSSR count). The fourth-order valence-corrected chi connectivity index (χ4v) is 0.451. The highest BCUT2D eigenvalue weighted by atomic mass is 19.1. The van der Waals surface area contributed by atoms with Crippen molar-refractivity contribution in [1.82, 2.24) is 0 Å².